The lowest BCUT2D eigenvalue weighted by atomic mass is 10.1. The van der Waals surface area contributed by atoms with Crippen molar-refractivity contribution in [1.29, 1.82) is 0 Å². The lowest BCUT2D eigenvalue weighted by molar-refractivity contribution is -0.143. The van der Waals surface area contributed by atoms with Crippen LogP contribution in [-0.4, -0.2) is 35.4 Å². The van der Waals surface area contributed by atoms with E-state index < -0.39 is 6.04 Å². The van der Waals surface area contributed by atoms with Crippen molar-refractivity contribution in [2.75, 3.05) is 6.61 Å². The maximum absolute atomic E-state index is 13.2. The Morgan fingerprint density at radius 2 is 1.68 bits per heavy atom. The first kappa shape index (κ1) is 24.7. The number of hydrogen-bond donors (Lipinski definition) is 1. The predicted molar refractivity (Wildman–Crippen MR) is 125 cm³/mol. The summed E-state index contributed by atoms with van der Waals surface area (Å²) in [6, 6.07) is 12.8. The zero-order chi connectivity index (χ0) is 23.0. The maximum Gasteiger partial charge on any atom is 0.261 e. The Labute approximate surface area is 190 Å². The average molecular weight is 445 g/mol. The first-order valence-electron chi connectivity index (χ1n) is 10.8. The molecule has 31 heavy (non-hydrogen) atoms. The van der Waals surface area contributed by atoms with Gasteiger partial charge in [0.1, 0.15) is 11.8 Å². The number of benzene rings is 2. The fourth-order valence-corrected chi connectivity index (χ4v) is 3.47. The summed E-state index contributed by atoms with van der Waals surface area (Å²) in [6.07, 6.45) is 1.34. The van der Waals surface area contributed by atoms with Crippen molar-refractivity contribution in [3.63, 3.8) is 0 Å². The van der Waals surface area contributed by atoms with Gasteiger partial charge in [0.25, 0.3) is 5.91 Å². The molecule has 0 aliphatic rings. The molecule has 0 unspecified atom stereocenters. The summed E-state index contributed by atoms with van der Waals surface area (Å²) in [6.45, 7) is 9.88. The van der Waals surface area contributed by atoms with Crippen LogP contribution in [-0.2, 0) is 16.1 Å². The highest BCUT2D eigenvalue weighted by Crippen LogP contribution is 2.26. The fraction of sp³-hybridized carbons (Fsp3) is 0.440. The number of hydrogen-bond acceptors (Lipinski definition) is 3. The Morgan fingerprint density at radius 3 is 2.23 bits per heavy atom. The number of nitrogens with zero attached hydrogens (tertiary/aromatic N) is 1. The van der Waals surface area contributed by atoms with Crippen LogP contribution in [0.1, 0.15) is 50.3 Å². The van der Waals surface area contributed by atoms with Gasteiger partial charge in [-0.15, -0.1) is 0 Å². The second kappa shape index (κ2) is 11.8. The number of halogens is 1. The predicted octanol–water partition coefficient (Wildman–Crippen LogP) is 5.06. The molecule has 0 spiro atoms. The molecule has 1 N–H and O–H groups in total. The summed E-state index contributed by atoms with van der Waals surface area (Å²) in [5.41, 5.74) is 2.75. The summed E-state index contributed by atoms with van der Waals surface area (Å²) in [4.78, 5) is 27.7. The molecule has 0 aromatic heterocycles. The van der Waals surface area contributed by atoms with Crippen LogP contribution < -0.4 is 10.1 Å². The Hall–Kier alpha value is -2.53. The molecule has 0 saturated carbocycles. The Kier molecular flexibility index (Phi) is 9.38. The van der Waals surface area contributed by atoms with Crippen LogP contribution in [0, 0.1) is 13.8 Å². The van der Waals surface area contributed by atoms with Crippen LogP contribution in [0.3, 0.4) is 0 Å². The van der Waals surface area contributed by atoms with Gasteiger partial charge in [-0.05, 0) is 62.4 Å². The van der Waals surface area contributed by atoms with E-state index in [1.807, 2.05) is 77.1 Å². The van der Waals surface area contributed by atoms with Crippen LogP contribution in [0.2, 0.25) is 5.02 Å². The van der Waals surface area contributed by atoms with E-state index in [9.17, 15) is 9.59 Å². The minimum absolute atomic E-state index is 0.0477. The SMILES string of the molecule is CC[C@@H](C)NC(=O)[C@H](CC)N(Cc1ccccc1)C(=O)COc1cc(C)c(Cl)c(C)c1. The van der Waals surface area contributed by atoms with E-state index in [0.29, 0.717) is 23.7 Å². The summed E-state index contributed by atoms with van der Waals surface area (Å²) in [5, 5.41) is 3.70. The normalized spacial score (nSPS) is 12.7. The summed E-state index contributed by atoms with van der Waals surface area (Å²) < 4.78 is 5.80. The molecule has 2 aromatic carbocycles. The average Bonchev–Trinajstić information content (AvgIpc) is 2.76. The van der Waals surface area contributed by atoms with E-state index in [4.69, 9.17) is 16.3 Å². The van der Waals surface area contributed by atoms with Crippen molar-refractivity contribution < 1.29 is 14.3 Å². The van der Waals surface area contributed by atoms with Gasteiger partial charge in [0.05, 0.1) is 0 Å². The van der Waals surface area contributed by atoms with Crippen LogP contribution in [0.15, 0.2) is 42.5 Å². The molecule has 2 atom stereocenters. The van der Waals surface area contributed by atoms with Crippen molar-refractivity contribution in [2.24, 2.45) is 0 Å². The van der Waals surface area contributed by atoms with Crippen molar-refractivity contribution in [3.05, 3.63) is 64.2 Å². The van der Waals surface area contributed by atoms with E-state index in [2.05, 4.69) is 5.32 Å². The second-order valence-electron chi connectivity index (χ2n) is 7.91. The van der Waals surface area contributed by atoms with Gasteiger partial charge in [0.2, 0.25) is 5.91 Å². The van der Waals surface area contributed by atoms with Crippen LogP contribution in [0.4, 0.5) is 0 Å². The maximum atomic E-state index is 13.2. The molecule has 2 aromatic rings. The molecule has 168 valence electrons. The molecule has 0 aliphatic carbocycles. The summed E-state index contributed by atoms with van der Waals surface area (Å²) >= 11 is 6.23. The number of carbonyl (C=O) groups excluding carboxylic acids is 2. The van der Waals surface area contributed by atoms with E-state index in [0.717, 1.165) is 23.1 Å². The van der Waals surface area contributed by atoms with Gasteiger partial charge < -0.3 is 15.0 Å². The molecule has 0 aliphatic heterocycles. The first-order chi connectivity index (χ1) is 14.8. The number of nitrogens with one attached hydrogen (secondary N) is 1. The molecule has 0 heterocycles. The minimum atomic E-state index is -0.570. The van der Waals surface area contributed by atoms with Gasteiger partial charge in [-0.3, -0.25) is 9.59 Å². The molecule has 2 amide bonds. The van der Waals surface area contributed by atoms with E-state index in [1.165, 1.54) is 0 Å². The smallest absolute Gasteiger partial charge is 0.261 e. The second-order valence-corrected chi connectivity index (χ2v) is 8.29. The third-order valence-corrected chi connectivity index (χ3v) is 5.95. The highest BCUT2D eigenvalue weighted by Gasteiger charge is 2.29. The van der Waals surface area contributed by atoms with Crippen molar-refractivity contribution in [1.82, 2.24) is 10.2 Å². The standard InChI is InChI=1S/C25H33ClN2O3/c1-6-19(5)27-25(30)22(7-2)28(15-20-11-9-8-10-12-20)23(29)16-31-21-13-17(3)24(26)18(4)14-21/h8-14,19,22H,6-7,15-16H2,1-5H3,(H,27,30)/t19-,22+/m1/s1. The third kappa shape index (κ3) is 7.00. The molecule has 6 heteroatoms. The van der Waals surface area contributed by atoms with Crippen LogP contribution in [0.25, 0.3) is 0 Å². The lowest BCUT2D eigenvalue weighted by Gasteiger charge is -2.31. The highest BCUT2D eigenvalue weighted by molar-refractivity contribution is 6.32. The summed E-state index contributed by atoms with van der Waals surface area (Å²) in [7, 11) is 0. The molecule has 0 fully saturated rings. The van der Waals surface area contributed by atoms with Gasteiger partial charge in [-0.25, -0.2) is 0 Å². The first-order valence-corrected chi connectivity index (χ1v) is 11.2. The molecular formula is C25H33ClN2O3. The fourth-order valence-electron chi connectivity index (χ4n) is 3.36. The number of amides is 2. The summed E-state index contributed by atoms with van der Waals surface area (Å²) in [5.74, 6) is 0.212. The molecule has 5 nitrogen and oxygen atoms in total. The zero-order valence-electron chi connectivity index (χ0n) is 19.1. The van der Waals surface area contributed by atoms with Gasteiger partial charge in [-0.1, -0.05) is 55.8 Å². The van der Waals surface area contributed by atoms with Crippen molar-refractivity contribution >= 4 is 23.4 Å². The molecule has 0 radical (unpaired) electrons. The van der Waals surface area contributed by atoms with Crippen molar-refractivity contribution in [3.8, 4) is 5.75 Å². The van der Waals surface area contributed by atoms with Crippen molar-refractivity contribution in [2.45, 2.75) is 66.1 Å². The van der Waals surface area contributed by atoms with Gasteiger partial charge in [0.15, 0.2) is 6.61 Å². The number of rotatable bonds is 10. The Morgan fingerprint density at radius 1 is 1.06 bits per heavy atom. The zero-order valence-corrected chi connectivity index (χ0v) is 19.8. The van der Waals surface area contributed by atoms with E-state index in [1.54, 1.807) is 4.90 Å². The number of carbonyl (C=O) groups is 2. The molecule has 2 rings (SSSR count). The van der Waals surface area contributed by atoms with Gasteiger partial charge >= 0.3 is 0 Å². The third-order valence-electron chi connectivity index (χ3n) is 5.35. The quantitative estimate of drug-likeness (QED) is 0.557. The number of aryl methyl sites for hydroxylation is 2. The molecular weight excluding hydrogens is 412 g/mol. The monoisotopic (exact) mass is 444 g/mol. The number of ether oxygens (including phenoxy) is 1. The Balaban J connectivity index is 2.21. The topological polar surface area (TPSA) is 58.6 Å². The van der Waals surface area contributed by atoms with E-state index in [-0.39, 0.29) is 24.5 Å². The minimum Gasteiger partial charge on any atom is -0.484 e. The molecule has 0 saturated heterocycles. The molecule has 0 bridgehead atoms. The van der Waals surface area contributed by atoms with Crippen LogP contribution in [0.5, 0.6) is 5.75 Å². The Bertz CT molecular complexity index is 863. The largest absolute Gasteiger partial charge is 0.484 e. The van der Waals surface area contributed by atoms with E-state index >= 15 is 0 Å². The van der Waals surface area contributed by atoms with Gasteiger partial charge in [0, 0.05) is 17.6 Å². The van der Waals surface area contributed by atoms with Crippen LogP contribution >= 0.6 is 11.6 Å². The lowest BCUT2D eigenvalue weighted by Crippen LogP contribution is -2.51. The highest BCUT2D eigenvalue weighted by atomic mass is 35.5. The van der Waals surface area contributed by atoms with Gasteiger partial charge in [-0.2, -0.15) is 0 Å².